The molecule has 0 fully saturated rings. The minimum atomic E-state index is -0.0594. The van der Waals surface area contributed by atoms with Gasteiger partial charge >= 0.3 is 0 Å². The number of hydrogen-bond acceptors (Lipinski definition) is 4. The fraction of sp³-hybridized carbons (Fsp3) is 0.312. The number of nitrogens with two attached hydrogens (primary N) is 1. The van der Waals surface area contributed by atoms with Gasteiger partial charge in [0.1, 0.15) is 5.69 Å². The predicted octanol–water partition coefficient (Wildman–Crippen LogP) is 2.79. The molecule has 0 bridgehead atoms. The van der Waals surface area contributed by atoms with E-state index in [1.165, 1.54) is 0 Å². The van der Waals surface area contributed by atoms with Crippen LogP contribution >= 0.6 is 0 Å². The number of benzene rings is 1. The lowest BCUT2D eigenvalue weighted by molar-refractivity contribution is 0.665. The van der Waals surface area contributed by atoms with Crippen LogP contribution < -0.4 is 5.73 Å². The Bertz CT molecular complexity index is 762. The van der Waals surface area contributed by atoms with E-state index in [2.05, 4.69) is 35.2 Å². The van der Waals surface area contributed by atoms with Gasteiger partial charge in [-0.1, -0.05) is 25.1 Å². The van der Waals surface area contributed by atoms with Gasteiger partial charge in [0.25, 0.3) is 0 Å². The molecule has 2 N–H and O–H groups in total. The minimum Gasteiger partial charge on any atom is -0.323 e. The third-order valence-corrected chi connectivity index (χ3v) is 3.75. The summed E-state index contributed by atoms with van der Waals surface area (Å²) in [5, 5.41) is 9.68. The first-order chi connectivity index (χ1) is 10.2. The number of fused-ring (bicyclic) bond motifs is 1. The molecule has 0 aliphatic carbocycles. The van der Waals surface area contributed by atoms with Crippen LogP contribution in [0.3, 0.4) is 0 Å². The zero-order valence-corrected chi connectivity index (χ0v) is 12.3. The standard InChI is InChI=1S/C16H19N5/c1-3-13(17)16-15(4-2)21(20-19-16)12-7-8-14-11(10-12)6-5-9-18-14/h5-10,13H,3-4,17H2,1-2H3. The summed E-state index contributed by atoms with van der Waals surface area (Å²) < 4.78 is 1.89. The Hall–Kier alpha value is -2.27. The third-order valence-electron chi connectivity index (χ3n) is 3.75. The fourth-order valence-corrected chi connectivity index (χ4v) is 2.53. The van der Waals surface area contributed by atoms with Gasteiger partial charge in [-0.15, -0.1) is 5.10 Å². The highest BCUT2D eigenvalue weighted by Crippen LogP contribution is 2.22. The van der Waals surface area contributed by atoms with E-state index in [0.29, 0.717) is 0 Å². The molecule has 1 aromatic carbocycles. The summed E-state index contributed by atoms with van der Waals surface area (Å²) >= 11 is 0. The minimum absolute atomic E-state index is 0.0594. The van der Waals surface area contributed by atoms with Gasteiger partial charge in [-0.2, -0.15) is 0 Å². The second-order valence-corrected chi connectivity index (χ2v) is 5.08. The van der Waals surface area contributed by atoms with Gasteiger partial charge in [-0.25, -0.2) is 4.68 Å². The van der Waals surface area contributed by atoms with Crippen LogP contribution in [0.25, 0.3) is 16.6 Å². The molecule has 21 heavy (non-hydrogen) atoms. The quantitative estimate of drug-likeness (QED) is 0.798. The van der Waals surface area contributed by atoms with Gasteiger partial charge in [0.15, 0.2) is 0 Å². The summed E-state index contributed by atoms with van der Waals surface area (Å²) in [5.74, 6) is 0. The van der Waals surface area contributed by atoms with Crippen LogP contribution in [0.1, 0.15) is 37.7 Å². The van der Waals surface area contributed by atoms with E-state index in [1.807, 2.05) is 28.9 Å². The average molecular weight is 281 g/mol. The predicted molar refractivity (Wildman–Crippen MR) is 83.3 cm³/mol. The smallest absolute Gasteiger partial charge is 0.103 e. The molecule has 3 aromatic rings. The molecular weight excluding hydrogens is 262 g/mol. The van der Waals surface area contributed by atoms with Crippen molar-refractivity contribution in [1.82, 2.24) is 20.0 Å². The molecule has 3 rings (SSSR count). The summed E-state index contributed by atoms with van der Waals surface area (Å²) in [6, 6.07) is 10.0. The monoisotopic (exact) mass is 281 g/mol. The van der Waals surface area contributed by atoms with E-state index in [4.69, 9.17) is 5.73 Å². The Morgan fingerprint density at radius 3 is 2.86 bits per heavy atom. The molecule has 5 heteroatoms. The lowest BCUT2D eigenvalue weighted by Gasteiger charge is -2.10. The van der Waals surface area contributed by atoms with Gasteiger partial charge in [-0.3, -0.25) is 4.98 Å². The molecule has 0 saturated heterocycles. The van der Waals surface area contributed by atoms with Crippen LogP contribution in [0.5, 0.6) is 0 Å². The Morgan fingerprint density at radius 1 is 1.24 bits per heavy atom. The summed E-state index contributed by atoms with van der Waals surface area (Å²) in [5.41, 5.74) is 10.1. The molecule has 0 amide bonds. The Kier molecular flexibility index (Phi) is 3.66. The van der Waals surface area contributed by atoms with Gasteiger partial charge in [0.05, 0.1) is 22.9 Å². The molecule has 0 spiro atoms. The lowest BCUT2D eigenvalue weighted by Crippen LogP contribution is -2.12. The number of nitrogens with zero attached hydrogens (tertiary/aromatic N) is 4. The van der Waals surface area contributed by atoms with Crippen LogP contribution in [0, 0.1) is 0 Å². The lowest BCUT2D eigenvalue weighted by atomic mass is 10.1. The first-order valence-electron chi connectivity index (χ1n) is 7.29. The molecular formula is C16H19N5. The fourth-order valence-electron chi connectivity index (χ4n) is 2.53. The number of rotatable bonds is 4. The maximum Gasteiger partial charge on any atom is 0.103 e. The van der Waals surface area contributed by atoms with Crippen molar-refractivity contribution >= 4 is 10.9 Å². The van der Waals surface area contributed by atoms with Gasteiger partial charge in [-0.05, 0) is 37.1 Å². The van der Waals surface area contributed by atoms with E-state index in [0.717, 1.165) is 40.8 Å². The van der Waals surface area contributed by atoms with Gasteiger partial charge < -0.3 is 5.73 Å². The van der Waals surface area contributed by atoms with E-state index in [1.54, 1.807) is 6.20 Å². The van der Waals surface area contributed by atoms with Crippen LogP contribution in [0.15, 0.2) is 36.5 Å². The number of aromatic nitrogens is 4. The zero-order chi connectivity index (χ0) is 14.8. The third kappa shape index (κ3) is 2.40. The molecule has 2 aromatic heterocycles. The van der Waals surface area contributed by atoms with Gasteiger partial charge in [0, 0.05) is 11.6 Å². The van der Waals surface area contributed by atoms with Crippen LogP contribution in [-0.2, 0) is 6.42 Å². The Balaban J connectivity index is 2.11. The average Bonchev–Trinajstić information content (AvgIpc) is 2.97. The van der Waals surface area contributed by atoms with E-state index in [9.17, 15) is 0 Å². The zero-order valence-electron chi connectivity index (χ0n) is 12.3. The van der Waals surface area contributed by atoms with Gasteiger partial charge in [0.2, 0.25) is 0 Å². The molecule has 108 valence electrons. The molecule has 0 radical (unpaired) electrons. The highest BCUT2D eigenvalue weighted by atomic mass is 15.4. The summed E-state index contributed by atoms with van der Waals surface area (Å²) in [4.78, 5) is 4.34. The van der Waals surface area contributed by atoms with E-state index < -0.39 is 0 Å². The van der Waals surface area contributed by atoms with Crippen LogP contribution in [0.2, 0.25) is 0 Å². The van der Waals surface area contributed by atoms with Crippen molar-refractivity contribution in [2.75, 3.05) is 0 Å². The Morgan fingerprint density at radius 2 is 2.10 bits per heavy atom. The van der Waals surface area contributed by atoms with Crippen molar-refractivity contribution in [3.05, 3.63) is 47.9 Å². The first kappa shape index (κ1) is 13.7. The number of hydrogen-bond donors (Lipinski definition) is 1. The second-order valence-electron chi connectivity index (χ2n) is 5.08. The highest BCUT2D eigenvalue weighted by Gasteiger charge is 2.17. The molecule has 0 saturated carbocycles. The van der Waals surface area contributed by atoms with Crippen molar-refractivity contribution in [3.63, 3.8) is 0 Å². The van der Waals surface area contributed by atoms with E-state index in [-0.39, 0.29) is 6.04 Å². The van der Waals surface area contributed by atoms with Crippen molar-refractivity contribution in [3.8, 4) is 5.69 Å². The summed E-state index contributed by atoms with van der Waals surface area (Å²) in [7, 11) is 0. The molecule has 5 nitrogen and oxygen atoms in total. The van der Waals surface area contributed by atoms with Crippen LogP contribution in [-0.4, -0.2) is 20.0 Å². The first-order valence-corrected chi connectivity index (χ1v) is 7.29. The molecule has 2 heterocycles. The SMILES string of the molecule is CCc1c(C(N)CC)nnn1-c1ccc2ncccc2c1. The number of pyridine rings is 1. The molecule has 1 atom stereocenters. The molecule has 1 unspecified atom stereocenters. The summed E-state index contributed by atoms with van der Waals surface area (Å²) in [6.07, 6.45) is 3.50. The van der Waals surface area contributed by atoms with Crippen LogP contribution in [0.4, 0.5) is 0 Å². The van der Waals surface area contributed by atoms with Crippen molar-refractivity contribution in [1.29, 1.82) is 0 Å². The topological polar surface area (TPSA) is 69.6 Å². The van der Waals surface area contributed by atoms with Crippen molar-refractivity contribution < 1.29 is 0 Å². The van der Waals surface area contributed by atoms with Crippen molar-refractivity contribution in [2.45, 2.75) is 32.7 Å². The summed E-state index contributed by atoms with van der Waals surface area (Å²) in [6.45, 7) is 4.16. The van der Waals surface area contributed by atoms with Crippen molar-refractivity contribution in [2.24, 2.45) is 5.73 Å². The normalized spacial score (nSPS) is 12.7. The maximum atomic E-state index is 6.13. The van der Waals surface area contributed by atoms with E-state index >= 15 is 0 Å². The Labute approximate surface area is 123 Å². The largest absolute Gasteiger partial charge is 0.323 e. The molecule has 0 aliphatic heterocycles. The highest BCUT2D eigenvalue weighted by molar-refractivity contribution is 5.80. The maximum absolute atomic E-state index is 6.13. The second kappa shape index (κ2) is 5.61. The molecule has 0 aliphatic rings.